The van der Waals surface area contributed by atoms with E-state index in [2.05, 4.69) is 19.5 Å². The minimum absolute atomic E-state index is 0.0645. The molecule has 0 saturated heterocycles. The standard InChI is InChI=1S/C21H20Cl2N4O6S3/c22-12-2-1-3-14(5-12)35(30)17-9-34-20(18(17)23)19(29)15-7-25-10-26-21(15)27-13-4-11(16(28)6-13)8-33-36(24,31)32/h1-3,5,7,9-11,13,16,28H,4,6,8H2,(H2,24,31,32)(H,25,26,27)/t11-,13-,16+,35?/m1/s1. The number of anilines is 1. The molecule has 1 aliphatic rings. The van der Waals surface area contributed by atoms with Gasteiger partial charge in [-0.15, -0.1) is 11.3 Å². The minimum atomic E-state index is -4.12. The molecule has 0 bridgehead atoms. The quantitative estimate of drug-likeness (QED) is 0.318. The Bertz CT molecular complexity index is 1420. The first-order chi connectivity index (χ1) is 17.0. The molecule has 2 aromatic heterocycles. The van der Waals surface area contributed by atoms with Crippen LogP contribution >= 0.6 is 34.5 Å². The van der Waals surface area contributed by atoms with E-state index in [1.165, 1.54) is 12.5 Å². The van der Waals surface area contributed by atoms with Gasteiger partial charge in [0.1, 0.15) is 12.1 Å². The van der Waals surface area contributed by atoms with Crippen molar-refractivity contribution < 1.29 is 26.7 Å². The number of nitrogens with zero attached hydrogens (tertiary/aromatic N) is 2. The zero-order valence-corrected chi connectivity index (χ0v) is 22.3. The molecule has 1 aliphatic carbocycles. The van der Waals surface area contributed by atoms with E-state index in [4.69, 9.17) is 28.3 Å². The van der Waals surface area contributed by atoms with Gasteiger partial charge in [0.25, 0.3) is 0 Å². The Morgan fingerprint density at radius 3 is 2.83 bits per heavy atom. The summed E-state index contributed by atoms with van der Waals surface area (Å²) in [4.78, 5) is 22.4. The second-order valence-electron chi connectivity index (χ2n) is 8.00. The number of aromatic nitrogens is 2. The van der Waals surface area contributed by atoms with Crippen molar-refractivity contribution in [1.29, 1.82) is 0 Å². The van der Waals surface area contributed by atoms with Gasteiger partial charge in [-0.2, -0.15) is 8.42 Å². The lowest BCUT2D eigenvalue weighted by Crippen LogP contribution is -2.24. The third-order valence-electron chi connectivity index (χ3n) is 5.52. The molecule has 10 nitrogen and oxygen atoms in total. The normalized spacial score (nSPS) is 20.8. The van der Waals surface area contributed by atoms with Crippen LogP contribution in [0.15, 0.2) is 52.0 Å². The van der Waals surface area contributed by atoms with Gasteiger partial charge in [-0.1, -0.05) is 29.3 Å². The number of benzene rings is 1. The van der Waals surface area contributed by atoms with E-state index in [-0.39, 0.29) is 45.2 Å². The summed E-state index contributed by atoms with van der Waals surface area (Å²) in [7, 11) is -5.77. The Morgan fingerprint density at radius 2 is 2.11 bits per heavy atom. The van der Waals surface area contributed by atoms with Crippen LogP contribution in [0.1, 0.15) is 28.1 Å². The lowest BCUT2D eigenvalue weighted by molar-refractivity contribution is 0.101. The second-order valence-corrected chi connectivity index (χ2v) is 12.4. The van der Waals surface area contributed by atoms with Crippen LogP contribution in [-0.2, 0) is 25.3 Å². The van der Waals surface area contributed by atoms with Gasteiger partial charge in [-0.05, 0) is 31.0 Å². The number of nitrogens with one attached hydrogen (secondary N) is 1. The number of carbonyl (C=O) groups excluding carboxylic acids is 1. The zero-order valence-electron chi connectivity index (χ0n) is 18.3. The summed E-state index contributed by atoms with van der Waals surface area (Å²) in [5.41, 5.74) is 0.139. The maximum Gasteiger partial charge on any atom is 0.333 e. The number of ketones is 1. The van der Waals surface area contributed by atoms with Crippen molar-refractivity contribution in [2.75, 3.05) is 11.9 Å². The third kappa shape index (κ3) is 6.29. The van der Waals surface area contributed by atoms with E-state index in [1.807, 2.05) is 0 Å². The topological polar surface area (TPSA) is 162 Å². The summed E-state index contributed by atoms with van der Waals surface area (Å²) < 4.78 is 39.7. The molecule has 1 aromatic carbocycles. The molecule has 1 unspecified atom stereocenters. The highest BCUT2D eigenvalue weighted by atomic mass is 35.5. The van der Waals surface area contributed by atoms with Crippen molar-refractivity contribution in [2.24, 2.45) is 11.1 Å². The van der Waals surface area contributed by atoms with Crippen molar-refractivity contribution in [3.63, 3.8) is 0 Å². The number of hydrogen-bond donors (Lipinski definition) is 3. The highest BCUT2D eigenvalue weighted by molar-refractivity contribution is 7.85. The Hall–Kier alpha value is -1.97. The molecule has 4 N–H and O–H groups in total. The highest BCUT2D eigenvalue weighted by Crippen LogP contribution is 2.36. The maximum atomic E-state index is 13.4. The molecule has 15 heteroatoms. The summed E-state index contributed by atoms with van der Waals surface area (Å²) in [5.74, 6) is -0.713. The number of aliphatic hydroxyl groups is 1. The molecule has 0 radical (unpaired) electrons. The number of nitrogens with two attached hydrogens (primary N) is 1. The van der Waals surface area contributed by atoms with Crippen LogP contribution in [0.2, 0.25) is 10.0 Å². The number of aliphatic hydroxyl groups excluding tert-OH is 1. The van der Waals surface area contributed by atoms with Gasteiger partial charge in [0.15, 0.2) is 0 Å². The smallest absolute Gasteiger partial charge is 0.333 e. The monoisotopic (exact) mass is 590 g/mol. The van der Waals surface area contributed by atoms with E-state index in [0.717, 1.165) is 11.3 Å². The molecule has 1 saturated carbocycles. The van der Waals surface area contributed by atoms with Crippen LogP contribution in [0.4, 0.5) is 5.82 Å². The molecule has 4 rings (SSSR count). The largest absolute Gasteiger partial charge is 0.393 e. The fourth-order valence-electron chi connectivity index (χ4n) is 3.82. The molecule has 192 valence electrons. The minimum Gasteiger partial charge on any atom is -0.393 e. The molecule has 2 heterocycles. The number of hydrogen-bond acceptors (Lipinski definition) is 10. The summed E-state index contributed by atoms with van der Waals surface area (Å²) in [5, 5.41) is 20.3. The summed E-state index contributed by atoms with van der Waals surface area (Å²) in [6, 6.07) is 6.24. The molecule has 0 aliphatic heterocycles. The van der Waals surface area contributed by atoms with Gasteiger partial charge in [-0.25, -0.2) is 19.3 Å². The number of halogens is 2. The second kappa shape index (κ2) is 11.2. The SMILES string of the molecule is NS(=O)(=O)OC[C@H]1C[C@@H](Nc2ncncc2C(=O)c2scc(S(=O)c3cccc(Cl)c3)c2Cl)C[C@@H]1O. The molecule has 3 aromatic rings. The molecule has 4 atom stereocenters. The van der Waals surface area contributed by atoms with E-state index in [0.29, 0.717) is 16.3 Å². The van der Waals surface area contributed by atoms with Gasteiger partial charge >= 0.3 is 10.3 Å². The zero-order chi connectivity index (χ0) is 26.0. The lowest BCUT2D eigenvalue weighted by Gasteiger charge is -2.15. The van der Waals surface area contributed by atoms with Gasteiger partial charge < -0.3 is 10.4 Å². The summed E-state index contributed by atoms with van der Waals surface area (Å²) in [6.07, 6.45) is 2.41. The van der Waals surface area contributed by atoms with Gasteiger partial charge in [0.05, 0.1) is 43.9 Å². The van der Waals surface area contributed by atoms with Crippen molar-refractivity contribution in [3.05, 3.63) is 62.7 Å². The molecule has 0 amide bonds. The van der Waals surface area contributed by atoms with E-state index < -0.39 is 38.9 Å². The van der Waals surface area contributed by atoms with Crippen molar-refractivity contribution >= 4 is 67.2 Å². The first-order valence-electron chi connectivity index (χ1n) is 10.4. The van der Waals surface area contributed by atoms with Crippen LogP contribution in [0, 0.1) is 5.92 Å². The van der Waals surface area contributed by atoms with Crippen molar-refractivity contribution in [3.8, 4) is 0 Å². The van der Waals surface area contributed by atoms with Crippen LogP contribution in [0.3, 0.4) is 0 Å². The van der Waals surface area contributed by atoms with Gasteiger partial charge in [0.2, 0.25) is 5.78 Å². The fraction of sp³-hybridized carbons (Fsp3) is 0.286. The molecule has 0 spiro atoms. The number of rotatable bonds is 9. The van der Waals surface area contributed by atoms with E-state index in [9.17, 15) is 22.5 Å². The predicted octanol–water partition coefficient (Wildman–Crippen LogP) is 3.01. The predicted molar refractivity (Wildman–Crippen MR) is 136 cm³/mol. The first-order valence-corrected chi connectivity index (χ1v) is 14.7. The molecule has 1 fully saturated rings. The fourth-order valence-corrected chi connectivity index (χ4v) is 7.28. The lowest BCUT2D eigenvalue weighted by atomic mass is 10.1. The van der Waals surface area contributed by atoms with Crippen LogP contribution in [-0.4, -0.2) is 52.2 Å². The average molecular weight is 592 g/mol. The molecular weight excluding hydrogens is 571 g/mol. The Kier molecular flexibility index (Phi) is 8.42. The molecule has 36 heavy (non-hydrogen) atoms. The van der Waals surface area contributed by atoms with Gasteiger partial charge in [0, 0.05) is 33.5 Å². The summed E-state index contributed by atoms with van der Waals surface area (Å²) in [6.45, 7) is -0.259. The average Bonchev–Trinajstić information content (AvgIpc) is 3.38. The highest BCUT2D eigenvalue weighted by Gasteiger charge is 2.35. The third-order valence-corrected chi connectivity index (χ3v) is 9.37. The van der Waals surface area contributed by atoms with Gasteiger partial charge in [-0.3, -0.25) is 8.98 Å². The van der Waals surface area contributed by atoms with Crippen LogP contribution in [0.25, 0.3) is 0 Å². The molecular formula is C21H20Cl2N4O6S3. The Balaban J connectivity index is 1.52. The van der Waals surface area contributed by atoms with E-state index >= 15 is 0 Å². The number of carbonyl (C=O) groups is 1. The van der Waals surface area contributed by atoms with Crippen molar-refractivity contribution in [2.45, 2.75) is 34.8 Å². The first kappa shape index (κ1) is 27.1. The maximum absolute atomic E-state index is 13.4. The van der Waals surface area contributed by atoms with Crippen LogP contribution in [0.5, 0.6) is 0 Å². The Morgan fingerprint density at radius 1 is 1.33 bits per heavy atom. The summed E-state index contributed by atoms with van der Waals surface area (Å²) >= 11 is 13.5. The van der Waals surface area contributed by atoms with Crippen molar-refractivity contribution in [1.82, 2.24) is 9.97 Å². The van der Waals surface area contributed by atoms with Crippen LogP contribution < -0.4 is 10.5 Å². The number of thiophene rings is 1. The van der Waals surface area contributed by atoms with E-state index in [1.54, 1.807) is 29.6 Å². The Labute approximate surface area is 223 Å².